The van der Waals surface area contributed by atoms with E-state index in [4.69, 9.17) is 5.73 Å². The third-order valence-electron chi connectivity index (χ3n) is 2.88. The van der Waals surface area contributed by atoms with Crippen LogP contribution < -0.4 is 5.73 Å². The maximum absolute atomic E-state index is 5.99. The molecule has 0 bridgehead atoms. The fourth-order valence-electron chi connectivity index (χ4n) is 1.90. The van der Waals surface area contributed by atoms with Crippen molar-refractivity contribution in [2.45, 2.75) is 24.7 Å². The molecule has 0 amide bonds. The minimum Gasteiger partial charge on any atom is -0.398 e. The minimum absolute atomic E-state index is 0.903. The summed E-state index contributed by atoms with van der Waals surface area (Å²) < 4.78 is 0. The molecular weight excluding hydrogens is 238 g/mol. The van der Waals surface area contributed by atoms with E-state index in [2.05, 4.69) is 49.4 Å². The van der Waals surface area contributed by atoms with Gasteiger partial charge in [-0.2, -0.15) is 0 Å². The van der Waals surface area contributed by atoms with Crippen molar-refractivity contribution in [3.8, 4) is 0 Å². The van der Waals surface area contributed by atoms with Gasteiger partial charge in [-0.3, -0.25) is 0 Å². The molecule has 0 spiro atoms. The van der Waals surface area contributed by atoms with Gasteiger partial charge in [-0.1, -0.05) is 36.4 Å². The highest BCUT2D eigenvalue weighted by Crippen LogP contribution is 2.26. The first-order valence-electron chi connectivity index (χ1n) is 6.28. The van der Waals surface area contributed by atoms with E-state index in [1.165, 1.54) is 22.4 Å². The largest absolute Gasteiger partial charge is 0.398 e. The number of hydrogen-bond donors (Lipinski definition) is 1. The smallest absolute Gasteiger partial charge is 0.0454 e. The predicted molar refractivity (Wildman–Crippen MR) is 81.1 cm³/mol. The summed E-state index contributed by atoms with van der Waals surface area (Å²) in [5.41, 5.74) is 9.53. The summed E-state index contributed by atoms with van der Waals surface area (Å²) >= 11 is 1.85. The van der Waals surface area contributed by atoms with Crippen LogP contribution in [0.5, 0.6) is 0 Å². The van der Waals surface area contributed by atoms with Gasteiger partial charge in [0.15, 0.2) is 0 Å². The van der Waals surface area contributed by atoms with E-state index in [0.29, 0.717) is 0 Å². The van der Waals surface area contributed by atoms with Gasteiger partial charge >= 0.3 is 0 Å². The van der Waals surface area contributed by atoms with Crippen LogP contribution in [0.4, 0.5) is 5.69 Å². The maximum atomic E-state index is 5.99. The molecule has 0 aromatic heterocycles. The molecule has 0 unspecified atom stereocenters. The number of nitrogen functional groups attached to an aromatic ring is 1. The molecule has 0 saturated heterocycles. The molecule has 0 radical (unpaired) electrons. The molecule has 0 atom stereocenters. The molecule has 2 rings (SSSR count). The van der Waals surface area contributed by atoms with E-state index in [-0.39, 0.29) is 0 Å². The molecular formula is C16H19NS. The second-order valence-electron chi connectivity index (χ2n) is 4.48. The summed E-state index contributed by atoms with van der Waals surface area (Å²) in [6, 6.07) is 16.9. The van der Waals surface area contributed by atoms with Crippen molar-refractivity contribution in [2.75, 3.05) is 11.5 Å². The first-order valence-corrected chi connectivity index (χ1v) is 7.27. The van der Waals surface area contributed by atoms with Crippen molar-refractivity contribution in [1.29, 1.82) is 0 Å². The summed E-state index contributed by atoms with van der Waals surface area (Å²) in [6.07, 6.45) is 2.32. The van der Waals surface area contributed by atoms with Gasteiger partial charge in [0, 0.05) is 10.6 Å². The van der Waals surface area contributed by atoms with Crippen molar-refractivity contribution in [3.05, 3.63) is 59.7 Å². The predicted octanol–water partition coefficient (Wildman–Crippen LogP) is 4.30. The number of rotatable bonds is 5. The summed E-state index contributed by atoms with van der Waals surface area (Å²) in [4.78, 5) is 1.20. The molecule has 2 aromatic rings. The fourth-order valence-corrected chi connectivity index (χ4v) is 2.80. The highest BCUT2D eigenvalue weighted by molar-refractivity contribution is 7.99. The summed E-state index contributed by atoms with van der Waals surface area (Å²) in [5, 5.41) is 0. The zero-order chi connectivity index (χ0) is 12.8. The minimum atomic E-state index is 0.903. The quantitative estimate of drug-likeness (QED) is 0.491. The lowest BCUT2D eigenvalue weighted by molar-refractivity contribution is 0.933. The Labute approximate surface area is 113 Å². The fraction of sp³-hybridized carbons (Fsp3) is 0.250. The maximum Gasteiger partial charge on any atom is 0.0454 e. The Bertz CT molecular complexity index is 494. The number of benzene rings is 2. The van der Waals surface area contributed by atoms with Crippen LogP contribution in [-0.2, 0) is 6.42 Å². The second-order valence-corrected chi connectivity index (χ2v) is 5.62. The molecule has 94 valence electrons. The van der Waals surface area contributed by atoms with Crippen LogP contribution in [0.3, 0.4) is 0 Å². The topological polar surface area (TPSA) is 26.0 Å². The molecule has 0 saturated carbocycles. The van der Waals surface area contributed by atoms with Crippen molar-refractivity contribution >= 4 is 17.4 Å². The third kappa shape index (κ3) is 3.81. The average molecular weight is 257 g/mol. The molecule has 0 aliphatic carbocycles. The normalized spacial score (nSPS) is 10.5. The molecule has 0 aliphatic rings. The monoisotopic (exact) mass is 257 g/mol. The van der Waals surface area contributed by atoms with Crippen LogP contribution in [0.15, 0.2) is 53.4 Å². The lowest BCUT2D eigenvalue weighted by Gasteiger charge is -2.06. The van der Waals surface area contributed by atoms with Gasteiger partial charge in [-0.25, -0.2) is 0 Å². The Morgan fingerprint density at radius 3 is 2.56 bits per heavy atom. The first-order chi connectivity index (χ1) is 8.75. The lowest BCUT2D eigenvalue weighted by Crippen LogP contribution is -1.91. The van der Waals surface area contributed by atoms with Gasteiger partial charge in [0.25, 0.3) is 0 Å². The van der Waals surface area contributed by atoms with Crippen LogP contribution in [0.2, 0.25) is 0 Å². The number of hydrogen-bond acceptors (Lipinski definition) is 2. The number of thioether (sulfide) groups is 1. The van der Waals surface area contributed by atoms with Crippen LogP contribution in [-0.4, -0.2) is 5.75 Å². The van der Waals surface area contributed by atoms with E-state index in [1.807, 2.05) is 17.8 Å². The molecule has 0 aliphatic heterocycles. The van der Waals surface area contributed by atoms with Gasteiger partial charge in [0.1, 0.15) is 0 Å². The van der Waals surface area contributed by atoms with Crippen LogP contribution >= 0.6 is 11.8 Å². The zero-order valence-electron chi connectivity index (χ0n) is 10.7. The van der Waals surface area contributed by atoms with Crippen molar-refractivity contribution in [3.63, 3.8) is 0 Å². The highest BCUT2D eigenvalue weighted by Gasteiger charge is 2.00. The van der Waals surface area contributed by atoms with Crippen LogP contribution in [0, 0.1) is 6.92 Å². The molecule has 2 N–H and O–H groups in total. The van der Waals surface area contributed by atoms with E-state index >= 15 is 0 Å². The van der Waals surface area contributed by atoms with Crippen molar-refractivity contribution in [1.82, 2.24) is 0 Å². The standard InChI is InChI=1S/C16H19NS/c1-13-9-10-16(15(17)12-13)18-11-5-8-14-6-3-2-4-7-14/h2-4,6-7,9-10,12H,5,8,11,17H2,1H3. The van der Waals surface area contributed by atoms with E-state index in [0.717, 1.165) is 17.9 Å². The van der Waals surface area contributed by atoms with Gasteiger partial charge in [0.05, 0.1) is 0 Å². The molecule has 2 aromatic carbocycles. The molecule has 2 heteroatoms. The Morgan fingerprint density at radius 1 is 1.06 bits per heavy atom. The third-order valence-corrected chi connectivity index (χ3v) is 4.05. The number of anilines is 1. The molecule has 0 fully saturated rings. The summed E-state index contributed by atoms with van der Waals surface area (Å²) in [5.74, 6) is 1.11. The summed E-state index contributed by atoms with van der Waals surface area (Å²) in [7, 11) is 0. The summed E-state index contributed by atoms with van der Waals surface area (Å²) in [6.45, 7) is 2.07. The Hall–Kier alpha value is -1.41. The average Bonchev–Trinajstić information content (AvgIpc) is 2.38. The lowest BCUT2D eigenvalue weighted by atomic mass is 10.1. The molecule has 0 heterocycles. The Morgan fingerprint density at radius 2 is 1.83 bits per heavy atom. The van der Waals surface area contributed by atoms with Gasteiger partial charge in [0.2, 0.25) is 0 Å². The van der Waals surface area contributed by atoms with Gasteiger partial charge < -0.3 is 5.73 Å². The zero-order valence-corrected chi connectivity index (χ0v) is 11.5. The van der Waals surface area contributed by atoms with Crippen LogP contribution in [0.25, 0.3) is 0 Å². The first kappa shape index (κ1) is 13.0. The van der Waals surface area contributed by atoms with Crippen LogP contribution in [0.1, 0.15) is 17.5 Å². The van der Waals surface area contributed by atoms with E-state index in [1.54, 1.807) is 0 Å². The Kier molecular flexibility index (Phi) is 4.71. The van der Waals surface area contributed by atoms with Crippen molar-refractivity contribution in [2.24, 2.45) is 0 Å². The van der Waals surface area contributed by atoms with Gasteiger partial charge in [-0.05, 0) is 48.8 Å². The van der Waals surface area contributed by atoms with E-state index in [9.17, 15) is 0 Å². The number of nitrogens with two attached hydrogens (primary N) is 1. The van der Waals surface area contributed by atoms with E-state index < -0.39 is 0 Å². The van der Waals surface area contributed by atoms with Crippen molar-refractivity contribution < 1.29 is 0 Å². The molecule has 1 nitrogen and oxygen atoms in total. The SMILES string of the molecule is Cc1ccc(SCCCc2ccccc2)c(N)c1. The van der Waals surface area contributed by atoms with Gasteiger partial charge in [-0.15, -0.1) is 11.8 Å². The molecule has 18 heavy (non-hydrogen) atoms. The number of aryl methyl sites for hydroxylation is 2. The highest BCUT2D eigenvalue weighted by atomic mass is 32.2. The Balaban J connectivity index is 1.79. The second kappa shape index (κ2) is 6.50.